The van der Waals surface area contributed by atoms with E-state index >= 15 is 0 Å². The van der Waals surface area contributed by atoms with E-state index in [1.165, 1.54) is 11.8 Å². The summed E-state index contributed by atoms with van der Waals surface area (Å²) in [6.45, 7) is 5.86. The first kappa shape index (κ1) is 17.2. The molecule has 0 aliphatic heterocycles. The Balaban J connectivity index is 1.75. The number of carbonyl (C=O) groups is 1. The summed E-state index contributed by atoms with van der Waals surface area (Å²) in [5.41, 5.74) is 1.33. The SMILES string of the molecule is Cc1cc(CSc2ncccc2C(=O)Nc2ccnn2C(C)C)no1. The van der Waals surface area contributed by atoms with Crippen LogP contribution >= 0.6 is 11.8 Å². The highest BCUT2D eigenvalue weighted by molar-refractivity contribution is 7.98. The van der Waals surface area contributed by atoms with Crippen molar-refractivity contribution in [3.8, 4) is 0 Å². The predicted octanol–water partition coefficient (Wildman–Crippen LogP) is 3.70. The van der Waals surface area contributed by atoms with Crippen molar-refractivity contribution in [2.45, 2.75) is 37.6 Å². The number of hydrogen-bond donors (Lipinski definition) is 1. The summed E-state index contributed by atoms with van der Waals surface area (Å²) in [6, 6.07) is 7.31. The van der Waals surface area contributed by atoms with E-state index in [0.29, 0.717) is 22.2 Å². The molecule has 0 aliphatic rings. The Morgan fingerprint density at radius 3 is 2.92 bits per heavy atom. The van der Waals surface area contributed by atoms with Gasteiger partial charge in [-0.15, -0.1) is 0 Å². The third-order valence-corrected chi connectivity index (χ3v) is 4.49. The number of anilines is 1. The molecule has 0 atom stereocenters. The molecule has 25 heavy (non-hydrogen) atoms. The summed E-state index contributed by atoms with van der Waals surface area (Å²) >= 11 is 1.45. The molecule has 3 rings (SSSR count). The van der Waals surface area contributed by atoms with Crippen LogP contribution in [0.25, 0.3) is 0 Å². The van der Waals surface area contributed by atoms with Crippen molar-refractivity contribution in [2.75, 3.05) is 5.32 Å². The Labute approximate surface area is 149 Å². The Morgan fingerprint density at radius 2 is 2.20 bits per heavy atom. The minimum absolute atomic E-state index is 0.156. The average molecular weight is 357 g/mol. The molecule has 0 aromatic carbocycles. The lowest BCUT2D eigenvalue weighted by molar-refractivity contribution is 0.102. The predicted molar refractivity (Wildman–Crippen MR) is 95.6 cm³/mol. The minimum atomic E-state index is -0.214. The molecule has 1 N–H and O–H groups in total. The zero-order chi connectivity index (χ0) is 17.8. The molecule has 130 valence electrons. The fourth-order valence-electron chi connectivity index (χ4n) is 2.32. The zero-order valence-electron chi connectivity index (χ0n) is 14.3. The molecule has 0 fully saturated rings. The van der Waals surface area contributed by atoms with Crippen molar-refractivity contribution in [1.82, 2.24) is 19.9 Å². The molecule has 8 heteroatoms. The molecule has 0 saturated heterocycles. The van der Waals surface area contributed by atoms with Crippen LogP contribution in [0.4, 0.5) is 5.82 Å². The van der Waals surface area contributed by atoms with Crippen molar-refractivity contribution in [1.29, 1.82) is 0 Å². The van der Waals surface area contributed by atoms with Crippen LogP contribution < -0.4 is 5.32 Å². The number of hydrogen-bond acceptors (Lipinski definition) is 6. The molecule has 3 aromatic heterocycles. The van der Waals surface area contributed by atoms with E-state index in [9.17, 15) is 4.79 Å². The highest BCUT2D eigenvalue weighted by Gasteiger charge is 2.16. The molecule has 0 unspecified atom stereocenters. The smallest absolute Gasteiger partial charge is 0.259 e. The summed E-state index contributed by atoms with van der Waals surface area (Å²) < 4.78 is 6.83. The van der Waals surface area contributed by atoms with Crippen molar-refractivity contribution < 1.29 is 9.32 Å². The lowest BCUT2D eigenvalue weighted by Gasteiger charge is -2.12. The molecule has 0 aliphatic carbocycles. The molecule has 0 bridgehead atoms. The van der Waals surface area contributed by atoms with Gasteiger partial charge in [0.2, 0.25) is 0 Å². The van der Waals surface area contributed by atoms with E-state index in [4.69, 9.17) is 4.52 Å². The van der Waals surface area contributed by atoms with Gasteiger partial charge in [0, 0.05) is 30.1 Å². The molecule has 0 spiro atoms. The molecule has 0 saturated carbocycles. The quantitative estimate of drug-likeness (QED) is 0.677. The number of nitrogens with zero attached hydrogens (tertiary/aromatic N) is 4. The second-order valence-corrected chi connectivity index (χ2v) is 6.75. The molecule has 7 nitrogen and oxygen atoms in total. The van der Waals surface area contributed by atoms with E-state index in [1.54, 1.807) is 35.3 Å². The van der Waals surface area contributed by atoms with Crippen LogP contribution in [0.3, 0.4) is 0 Å². The maximum Gasteiger partial charge on any atom is 0.259 e. The summed E-state index contributed by atoms with van der Waals surface area (Å²) in [5, 5.41) is 11.7. The summed E-state index contributed by atoms with van der Waals surface area (Å²) in [4.78, 5) is 17.0. The topological polar surface area (TPSA) is 85.8 Å². The molecule has 0 radical (unpaired) electrons. The summed E-state index contributed by atoms with van der Waals surface area (Å²) in [7, 11) is 0. The minimum Gasteiger partial charge on any atom is -0.361 e. The largest absolute Gasteiger partial charge is 0.361 e. The molecule has 1 amide bonds. The summed E-state index contributed by atoms with van der Waals surface area (Å²) in [5.74, 6) is 1.79. The van der Waals surface area contributed by atoms with Crippen LogP contribution in [-0.2, 0) is 5.75 Å². The second kappa shape index (κ2) is 7.52. The van der Waals surface area contributed by atoms with Gasteiger partial charge in [-0.25, -0.2) is 9.67 Å². The van der Waals surface area contributed by atoms with Crippen LogP contribution in [0.1, 0.15) is 41.7 Å². The number of amides is 1. The number of rotatable bonds is 6. The number of aryl methyl sites for hydroxylation is 1. The van der Waals surface area contributed by atoms with Gasteiger partial charge in [-0.2, -0.15) is 5.10 Å². The first-order valence-electron chi connectivity index (χ1n) is 7.89. The molecule has 3 heterocycles. The number of carbonyl (C=O) groups excluding carboxylic acids is 1. The maximum atomic E-state index is 12.7. The first-order valence-corrected chi connectivity index (χ1v) is 8.88. The van der Waals surface area contributed by atoms with E-state index in [-0.39, 0.29) is 11.9 Å². The van der Waals surface area contributed by atoms with Crippen molar-refractivity contribution in [3.63, 3.8) is 0 Å². The fourth-order valence-corrected chi connectivity index (χ4v) is 3.19. The normalized spacial score (nSPS) is 11.0. The summed E-state index contributed by atoms with van der Waals surface area (Å²) in [6.07, 6.45) is 3.34. The fraction of sp³-hybridized carbons (Fsp3) is 0.294. The van der Waals surface area contributed by atoms with Gasteiger partial charge >= 0.3 is 0 Å². The number of aromatic nitrogens is 4. The van der Waals surface area contributed by atoms with Gasteiger partial charge in [0.15, 0.2) is 0 Å². The van der Waals surface area contributed by atoms with Crippen molar-refractivity contribution in [3.05, 3.63) is 53.7 Å². The Kier molecular flexibility index (Phi) is 5.18. The van der Waals surface area contributed by atoms with Crippen LogP contribution in [0.15, 0.2) is 46.2 Å². The zero-order valence-corrected chi connectivity index (χ0v) is 15.1. The third kappa shape index (κ3) is 4.08. The third-order valence-electron chi connectivity index (χ3n) is 3.45. The Hall–Kier alpha value is -2.61. The Morgan fingerprint density at radius 1 is 1.36 bits per heavy atom. The lowest BCUT2D eigenvalue weighted by Crippen LogP contribution is -2.17. The average Bonchev–Trinajstić information content (AvgIpc) is 3.22. The van der Waals surface area contributed by atoms with Crippen LogP contribution in [0.5, 0.6) is 0 Å². The van der Waals surface area contributed by atoms with Gasteiger partial charge in [-0.3, -0.25) is 4.79 Å². The van der Waals surface area contributed by atoms with Gasteiger partial charge < -0.3 is 9.84 Å². The van der Waals surface area contributed by atoms with E-state index in [1.807, 2.05) is 26.8 Å². The molecule has 3 aromatic rings. The highest BCUT2D eigenvalue weighted by Crippen LogP contribution is 2.25. The standard InChI is InChI=1S/C17H19N5O2S/c1-11(2)22-15(6-8-19-22)20-16(23)14-5-4-7-18-17(14)25-10-13-9-12(3)24-21-13/h4-9,11H,10H2,1-3H3,(H,20,23). The monoisotopic (exact) mass is 357 g/mol. The number of thioether (sulfide) groups is 1. The molecular weight excluding hydrogens is 338 g/mol. The van der Waals surface area contributed by atoms with E-state index in [2.05, 4.69) is 20.6 Å². The Bertz CT molecular complexity index is 871. The van der Waals surface area contributed by atoms with Crippen molar-refractivity contribution >= 4 is 23.5 Å². The van der Waals surface area contributed by atoms with E-state index in [0.717, 1.165) is 11.5 Å². The van der Waals surface area contributed by atoms with Crippen LogP contribution in [0.2, 0.25) is 0 Å². The van der Waals surface area contributed by atoms with Gasteiger partial charge in [0.25, 0.3) is 5.91 Å². The van der Waals surface area contributed by atoms with Gasteiger partial charge in [-0.05, 0) is 32.9 Å². The number of nitrogens with one attached hydrogen (secondary N) is 1. The highest BCUT2D eigenvalue weighted by atomic mass is 32.2. The number of pyridine rings is 1. The van der Waals surface area contributed by atoms with E-state index < -0.39 is 0 Å². The van der Waals surface area contributed by atoms with Crippen LogP contribution in [0, 0.1) is 6.92 Å². The van der Waals surface area contributed by atoms with Gasteiger partial charge in [-0.1, -0.05) is 16.9 Å². The molecular formula is C17H19N5O2S. The van der Waals surface area contributed by atoms with Gasteiger partial charge in [0.1, 0.15) is 16.6 Å². The van der Waals surface area contributed by atoms with Crippen LogP contribution in [-0.4, -0.2) is 25.8 Å². The van der Waals surface area contributed by atoms with Gasteiger partial charge in [0.05, 0.1) is 17.5 Å². The lowest BCUT2D eigenvalue weighted by atomic mass is 10.2. The first-order chi connectivity index (χ1) is 12.0. The second-order valence-electron chi connectivity index (χ2n) is 5.78. The maximum absolute atomic E-state index is 12.7. The van der Waals surface area contributed by atoms with Crippen molar-refractivity contribution in [2.24, 2.45) is 0 Å².